The Morgan fingerprint density at radius 2 is 1.84 bits per heavy atom. The molecular weight excluding hydrogens is 278 g/mol. The number of hydrogen-bond donors (Lipinski definition) is 1. The van der Waals surface area contributed by atoms with Gasteiger partial charge in [-0.2, -0.15) is 0 Å². The lowest BCUT2D eigenvalue weighted by Crippen LogP contribution is -1.98. The van der Waals surface area contributed by atoms with E-state index in [4.69, 9.17) is 17.3 Å². The van der Waals surface area contributed by atoms with Crippen molar-refractivity contribution < 1.29 is 0 Å². The van der Waals surface area contributed by atoms with Crippen LogP contribution in [0.1, 0.15) is 24.1 Å². The molecule has 3 rings (SSSR count). The van der Waals surface area contributed by atoms with Crippen LogP contribution < -0.4 is 5.73 Å². The van der Waals surface area contributed by atoms with Gasteiger partial charge in [-0.25, -0.2) is 9.97 Å². The number of rotatable bonds is 2. The van der Waals surface area contributed by atoms with Crippen molar-refractivity contribution in [3.8, 4) is 0 Å². The van der Waals surface area contributed by atoms with Gasteiger partial charge in [-0.3, -0.25) is 0 Å². The van der Waals surface area contributed by atoms with Crippen LogP contribution >= 0.6 is 22.9 Å². The second-order valence-electron chi connectivity index (χ2n) is 4.39. The molecule has 1 aromatic carbocycles. The van der Waals surface area contributed by atoms with E-state index >= 15 is 0 Å². The van der Waals surface area contributed by atoms with Gasteiger partial charge in [0.05, 0.1) is 0 Å². The average molecular weight is 290 g/mol. The molecule has 2 heterocycles. The molecule has 96 valence electrons. The summed E-state index contributed by atoms with van der Waals surface area (Å²) in [5.74, 6) is 0.213. The molecule has 0 saturated carbocycles. The first-order valence-corrected chi connectivity index (χ1v) is 7.11. The highest BCUT2D eigenvalue weighted by atomic mass is 35.5. The molecule has 0 spiro atoms. The Bertz CT molecular complexity index is 721. The Balaban J connectivity index is 2.00. The lowest BCUT2D eigenvalue weighted by atomic mass is 9.97. The van der Waals surface area contributed by atoms with Crippen LogP contribution in [0.15, 0.2) is 36.4 Å². The predicted molar refractivity (Wildman–Crippen MR) is 80.8 cm³/mol. The monoisotopic (exact) mass is 289 g/mol. The normalized spacial score (nSPS) is 12.7. The Morgan fingerprint density at radius 3 is 2.58 bits per heavy atom. The molecule has 0 aliphatic carbocycles. The summed E-state index contributed by atoms with van der Waals surface area (Å²) in [6.45, 7) is 2.13. The van der Waals surface area contributed by atoms with Gasteiger partial charge in [0.25, 0.3) is 0 Å². The van der Waals surface area contributed by atoms with Crippen molar-refractivity contribution in [3.63, 3.8) is 0 Å². The third kappa shape index (κ3) is 2.41. The SMILES string of the molecule is CC(c1ccc(Cl)cc1)c1ccc2nc(N)sc2n1. The Hall–Kier alpha value is -1.65. The Kier molecular flexibility index (Phi) is 3.12. The van der Waals surface area contributed by atoms with Crippen LogP contribution in [0.2, 0.25) is 5.02 Å². The number of nitrogen functional groups attached to an aromatic ring is 1. The van der Waals surface area contributed by atoms with Gasteiger partial charge in [-0.1, -0.05) is 42.0 Å². The third-order valence-electron chi connectivity index (χ3n) is 3.11. The van der Waals surface area contributed by atoms with Crippen molar-refractivity contribution in [2.75, 3.05) is 5.73 Å². The summed E-state index contributed by atoms with van der Waals surface area (Å²) in [6, 6.07) is 11.8. The number of thiazole rings is 1. The van der Waals surface area contributed by atoms with Crippen LogP contribution in [0.4, 0.5) is 5.13 Å². The maximum absolute atomic E-state index is 5.91. The van der Waals surface area contributed by atoms with Crippen molar-refractivity contribution in [3.05, 3.63) is 52.7 Å². The number of benzene rings is 1. The number of nitrogens with two attached hydrogens (primary N) is 1. The molecule has 0 radical (unpaired) electrons. The molecule has 3 aromatic rings. The highest BCUT2D eigenvalue weighted by Crippen LogP contribution is 2.28. The summed E-state index contributed by atoms with van der Waals surface area (Å²) in [7, 11) is 0. The molecule has 5 heteroatoms. The topological polar surface area (TPSA) is 51.8 Å². The molecule has 0 fully saturated rings. The van der Waals surface area contributed by atoms with Gasteiger partial charge in [-0.05, 0) is 29.8 Å². The predicted octanol–water partition coefficient (Wildman–Crippen LogP) is 4.08. The van der Waals surface area contributed by atoms with Crippen LogP contribution in [0, 0.1) is 0 Å². The van der Waals surface area contributed by atoms with E-state index < -0.39 is 0 Å². The molecule has 1 atom stereocenters. The standard InChI is InChI=1S/C14H12ClN3S/c1-8(9-2-4-10(15)5-3-9)11-6-7-12-13(17-11)19-14(16)18-12/h2-8H,1H3,(H2,16,18). The van der Waals surface area contributed by atoms with Crippen molar-refractivity contribution in [2.24, 2.45) is 0 Å². The fourth-order valence-corrected chi connectivity index (χ4v) is 2.85. The highest BCUT2D eigenvalue weighted by Gasteiger charge is 2.12. The smallest absolute Gasteiger partial charge is 0.182 e. The Morgan fingerprint density at radius 1 is 1.11 bits per heavy atom. The summed E-state index contributed by atoms with van der Waals surface area (Å²) in [5, 5.41) is 1.30. The van der Waals surface area contributed by atoms with Crippen molar-refractivity contribution in [1.82, 2.24) is 9.97 Å². The molecule has 2 aromatic heterocycles. The van der Waals surface area contributed by atoms with E-state index in [2.05, 4.69) is 16.9 Å². The lowest BCUT2D eigenvalue weighted by Gasteiger charge is -2.11. The number of nitrogens with zero attached hydrogens (tertiary/aromatic N) is 2. The molecule has 2 N–H and O–H groups in total. The summed E-state index contributed by atoms with van der Waals surface area (Å²) in [6.07, 6.45) is 0. The number of pyridine rings is 1. The molecule has 0 aliphatic heterocycles. The number of halogens is 1. The van der Waals surface area contributed by atoms with Gasteiger partial charge in [0.1, 0.15) is 10.3 Å². The summed E-state index contributed by atoms with van der Waals surface area (Å²) in [4.78, 5) is 9.74. The van der Waals surface area contributed by atoms with Crippen LogP contribution in [-0.4, -0.2) is 9.97 Å². The summed E-state index contributed by atoms with van der Waals surface area (Å²) < 4.78 is 0. The number of aromatic nitrogens is 2. The van der Waals surface area contributed by atoms with Gasteiger partial charge in [-0.15, -0.1) is 0 Å². The lowest BCUT2D eigenvalue weighted by molar-refractivity contribution is 0.881. The number of fused-ring (bicyclic) bond motifs is 1. The summed E-state index contributed by atoms with van der Waals surface area (Å²) in [5.41, 5.74) is 8.75. The number of hydrogen-bond acceptors (Lipinski definition) is 4. The quantitative estimate of drug-likeness (QED) is 0.773. The molecule has 19 heavy (non-hydrogen) atoms. The Labute approximate surface area is 120 Å². The second kappa shape index (κ2) is 4.79. The van der Waals surface area contributed by atoms with E-state index in [1.54, 1.807) is 0 Å². The summed E-state index contributed by atoms with van der Waals surface area (Å²) >= 11 is 7.32. The minimum atomic E-state index is 0.213. The van der Waals surface area contributed by atoms with Gasteiger partial charge in [0.15, 0.2) is 5.13 Å². The highest BCUT2D eigenvalue weighted by molar-refractivity contribution is 7.21. The second-order valence-corrected chi connectivity index (χ2v) is 5.83. The largest absolute Gasteiger partial charge is 0.375 e. The maximum atomic E-state index is 5.91. The molecule has 0 saturated heterocycles. The number of anilines is 1. The van der Waals surface area contributed by atoms with E-state index in [-0.39, 0.29) is 5.92 Å². The van der Waals surface area contributed by atoms with Crippen molar-refractivity contribution in [2.45, 2.75) is 12.8 Å². The van der Waals surface area contributed by atoms with Crippen LogP contribution in [0.25, 0.3) is 10.3 Å². The van der Waals surface area contributed by atoms with E-state index in [1.165, 1.54) is 16.9 Å². The molecule has 3 nitrogen and oxygen atoms in total. The van der Waals surface area contributed by atoms with Gasteiger partial charge >= 0.3 is 0 Å². The zero-order valence-corrected chi connectivity index (χ0v) is 11.9. The van der Waals surface area contributed by atoms with Gasteiger partial charge < -0.3 is 5.73 Å². The molecule has 0 bridgehead atoms. The fourth-order valence-electron chi connectivity index (χ4n) is 2.01. The van der Waals surface area contributed by atoms with Crippen molar-refractivity contribution >= 4 is 38.4 Å². The average Bonchev–Trinajstić information content (AvgIpc) is 2.77. The van der Waals surface area contributed by atoms with Crippen LogP contribution in [0.3, 0.4) is 0 Å². The molecule has 1 unspecified atom stereocenters. The fraction of sp³-hybridized carbons (Fsp3) is 0.143. The zero-order valence-electron chi connectivity index (χ0n) is 10.3. The maximum Gasteiger partial charge on any atom is 0.182 e. The van der Waals surface area contributed by atoms with Gasteiger partial charge in [0, 0.05) is 16.6 Å². The first-order chi connectivity index (χ1) is 9.13. The molecular formula is C14H12ClN3S. The zero-order chi connectivity index (χ0) is 13.4. The van der Waals surface area contributed by atoms with Crippen molar-refractivity contribution in [1.29, 1.82) is 0 Å². The van der Waals surface area contributed by atoms with Gasteiger partial charge in [0.2, 0.25) is 0 Å². The molecule has 0 aliphatic rings. The molecule has 0 amide bonds. The van der Waals surface area contributed by atoms with E-state index in [1.807, 2.05) is 36.4 Å². The minimum Gasteiger partial charge on any atom is -0.375 e. The van der Waals surface area contributed by atoms with E-state index in [0.717, 1.165) is 21.1 Å². The first kappa shape index (κ1) is 12.4. The van der Waals surface area contributed by atoms with Crippen LogP contribution in [-0.2, 0) is 0 Å². The van der Waals surface area contributed by atoms with Crippen LogP contribution in [0.5, 0.6) is 0 Å². The minimum absolute atomic E-state index is 0.213. The third-order valence-corrected chi connectivity index (χ3v) is 4.15. The van der Waals surface area contributed by atoms with E-state index in [0.29, 0.717) is 5.13 Å². The first-order valence-electron chi connectivity index (χ1n) is 5.92. The van der Waals surface area contributed by atoms with E-state index in [9.17, 15) is 0 Å².